The van der Waals surface area contributed by atoms with Gasteiger partial charge in [0, 0.05) is 51.0 Å². The number of anilines is 3. The van der Waals surface area contributed by atoms with Crippen LogP contribution in [-0.4, -0.2) is 96.8 Å². The minimum Gasteiger partial charge on any atom is -0.457 e. The number of carbonyl (C=O) groups excluding carboxylic acids is 3. The highest BCUT2D eigenvalue weighted by Gasteiger charge is 2.37. The largest absolute Gasteiger partial charge is 0.457 e. The molecule has 6 heterocycles. The lowest BCUT2D eigenvalue weighted by Gasteiger charge is -2.29. The van der Waals surface area contributed by atoms with Crippen molar-refractivity contribution in [2.75, 3.05) is 56.2 Å². The molecule has 0 aliphatic carbocycles. The van der Waals surface area contributed by atoms with E-state index < -0.39 is 0 Å². The van der Waals surface area contributed by atoms with Gasteiger partial charge in [-0.15, -0.1) is 11.3 Å². The fourth-order valence-electron chi connectivity index (χ4n) is 6.97. The molecule has 3 atom stereocenters. The van der Waals surface area contributed by atoms with Gasteiger partial charge in [0.05, 0.1) is 47.9 Å². The number of rotatable bonds is 8. The van der Waals surface area contributed by atoms with Crippen molar-refractivity contribution in [2.45, 2.75) is 31.6 Å². The number of hydrogen-bond acceptors (Lipinski definition) is 9. The predicted octanol–water partition coefficient (Wildman–Crippen LogP) is 5.07. The number of benzene rings is 2. The molecule has 12 nitrogen and oxygen atoms in total. The molecule has 0 spiro atoms. The summed E-state index contributed by atoms with van der Waals surface area (Å²) in [4.78, 5) is 51.4. The minimum atomic E-state index is -0.371. The van der Waals surface area contributed by atoms with Crippen LogP contribution >= 0.6 is 11.3 Å². The van der Waals surface area contributed by atoms with Crippen LogP contribution in [0.15, 0.2) is 72.9 Å². The summed E-state index contributed by atoms with van der Waals surface area (Å²) in [5.74, 6) is 1.01. The molecule has 2 aromatic carbocycles. The SMILES string of the molecule is Cc1cc(Oc2ccccc2)ccc1N1C(=O)Nc2c(C(=O)N[C@@H]3CCN(C(=O)/C=C/CN4CC5OCCO[C@@H]5C4)C3)sc3nccc1c23. The van der Waals surface area contributed by atoms with Gasteiger partial charge >= 0.3 is 6.03 Å². The van der Waals surface area contributed by atoms with Crippen molar-refractivity contribution < 1.29 is 28.6 Å². The topological polar surface area (TPSA) is 126 Å². The fourth-order valence-corrected chi connectivity index (χ4v) is 8.00. The standard InChI is InChI=1S/C36H36N6O6S/c1-22-18-25(48-24-6-3-2-4-7-24)9-10-26(22)42-27-11-13-37-35-31(27)32(39-36(42)45)33(49-35)34(44)38-23-12-15-41(19-23)30(43)8-5-14-40-20-28-29(21-40)47-17-16-46-28/h2-11,13,18,23,28-29H,12,14-17,19-21H2,1H3,(H,38,44)(H,39,45)/b8-5+/t23-,28-,29?/m1/s1. The number of ether oxygens (including phenoxy) is 3. The Morgan fingerprint density at radius 3 is 2.61 bits per heavy atom. The molecule has 0 bridgehead atoms. The van der Waals surface area contributed by atoms with Crippen LogP contribution in [0.25, 0.3) is 10.2 Å². The van der Waals surface area contributed by atoms with Gasteiger partial charge in [-0.05, 0) is 55.3 Å². The Hall–Kier alpha value is -4.82. The lowest BCUT2D eigenvalue weighted by molar-refractivity contribution is -0.125. The Balaban J connectivity index is 0.931. The van der Waals surface area contributed by atoms with Gasteiger partial charge in [0.2, 0.25) is 5.91 Å². The second-order valence-electron chi connectivity index (χ2n) is 12.6. The lowest BCUT2D eigenvalue weighted by Crippen LogP contribution is -2.39. The van der Waals surface area contributed by atoms with E-state index >= 15 is 0 Å². The Morgan fingerprint density at radius 2 is 1.84 bits per heavy atom. The summed E-state index contributed by atoms with van der Waals surface area (Å²) >= 11 is 1.24. The van der Waals surface area contributed by atoms with Crippen molar-refractivity contribution in [3.05, 3.63) is 83.4 Å². The molecule has 49 heavy (non-hydrogen) atoms. The van der Waals surface area contributed by atoms with E-state index in [-0.39, 0.29) is 36.1 Å². The second kappa shape index (κ2) is 13.2. The van der Waals surface area contributed by atoms with E-state index in [0.29, 0.717) is 77.2 Å². The molecule has 4 aromatic rings. The van der Waals surface area contributed by atoms with Crippen LogP contribution < -0.4 is 20.3 Å². The molecule has 1 unspecified atom stereocenters. The van der Waals surface area contributed by atoms with Crippen molar-refractivity contribution in [3.8, 4) is 11.5 Å². The molecule has 4 aliphatic heterocycles. The van der Waals surface area contributed by atoms with Gasteiger partial charge in [-0.25, -0.2) is 9.78 Å². The first-order valence-electron chi connectivity index (χ1n) is 16.5. The number of aromatic nitrogens is 1. The summed E-state index contributed by atoms with van der Waals surface area (Å²) in [6.07, 6.45) is 6.01. The molecule has 8 rings (SSSR count). The zero-order chi connectivity index (χ0) is 33.5. The number of amides is 4. The van der Waals surface area contributed by atoms with E-state index in [2.05, 4.69) is 20.5 Å². The van der Waals surface area contributed by atoms with Gasteiger partial charge in [0.25, 0.3) is 5.91 Å². The van der Waals surface area contributed by atoms with Gasteiger partial charge in [-0.1, -0.05) is 24.3 Å². The van der Waals surface area contributed by atoms with Crippen molar-refractivity contribution in [2.24, 2.45) is 0 Å². The molecule has 2 aromatic heterocycles. The third-order valence-electron chi connectivity index (χ3n) is 9.34. The molecule has 3 fully saturated rings. The van der Waals surface area contributed by atoms with Gasteiger partial charge in [0.1, 0.15) is 21.2 Å². The number of urea groups is 1. The first-order chi connectivity index (χ1) is 23.9. The number of para-hydroxylation sites is 1. The Labute approximate surface area is 287 Å². The van der Waals surface area contributed by atoms with E-state index in [1.807, 2.05) is 61.5 Å². The van der Waals surface area contributed by atoms with Gasteiger partial charge in [0.15, 0.2) is 0 Å². The van der Waals surface area contributed by atoms with Crippen LogP contribution in [0.1, 0.15) is 21.7 Å². The summed E-state index contributed by atoms with van der Waals surface area (Å²) in [5.41, 5.74) is 2.64. The maximum absolute atomic E-state index is 13.7. The quantitative estimate of drug-likeness (QED) is 0.248. The van der Waals surface area contributed by atoms with Crippen molar-refractivity contribution >= 4 is 56.5 Å². The number of nitrogens with zero attached hydrogens (tertiary/aromatic N) is 4. The number of pyridine rings is 1. The third kappa shape index (κ3) is 6.26. The zero-order valence-corrected chi connectivity index (χ0v) is 27.8. The van der Waals surface area contributed by atoms with E-state index in [4.69, 9.17) is 14.2 Å². The van der Waals surface area contributed by atoms with E-state index in [9.17, 15) is 14.4 Å². The first kappa shape index (κ1) is 31.4. The second-order valence-corrected chi connectivity index (χ2v) is 13.6. The Kier molecular flexibility index (Phi) is 8.50. The molecule has 2 N–H and O–H groups in total. The maximum Gasteiger partial charge on any atom is 0.331 e. The molecule has 13 heteroatoms. The number of aryl methyl sites for hydroxylation is 1. The van der Waals surface area contributed by atoms with Crippen LogP contribution in [0.2, 0.25) is 0 Å². The van der Waals surface area contributed by atoms with Crippen LogP contribution in [-0.2, 0) is 14.3 Å². The molecular weight excluding hydrogens is 644 g/mol. The predicted molar refractivity (Wildman–Crippen MR) is 186 cm³/mol. The summed E-state index contributed by atoms with van der Waals surface area (Å²) in [5, 5.41) is 6.78. The normalized spacial score (nSPS) is 22.1. The summed E-state index contributed by atoms with van der Waals surface area (Å²) in [6, 6.07) is 16.3. The number of fused-ring (bicyclic) bond motifs is 1. The number of nitrogens with one attached hydrogen (secondary N) is 2. The molecular formula is C36H36N6O6S. The minimum absolute atomic E-state index is 0.0750. The average molecular weight is 681 g/mol. The summed E-state index contributed by atoms with van der Waals surface area (Å²) < 4.78 is 17.5. The third-order valence-corrected chi connectivity index (χ3v) is 10.4. The molecule has 252 valence electrons. The maximum atomic E-state index is 13.7. The smallest absolute Gasteiger partial charge is 0.331 e. The first-order valence-corrected chi connectivity index (χ1v) is 17.3. The Morgan fingerprint density at radius 1 is 1.04 bits per heavy atom. The number of thiophene rings is 1. The number of carbonyl (C=O) groups is 3. The summed E-state index contributed by atoms with van der Waals surface area (Å²) in [7, 11) is 0. The van der Waals surface area contributed by atoms with Crippen LogP contribution in [0.5, 0.6) is 11.5 Å². The van der Waals surface area contributed by atoms with E-state index in [1.165, 1.54) is 11.3 Å². The monoisotopic (exact) mass is 680 g/mol. The molecule has 0 radical (unpaired) electrons. The van der Waals surface area contributed by atoms with Crippen LogP contribution in [0.3, 0.4) is 0 Å². The lowest BCUT2D eigenvalue weighted by atomic mass is 10.1. The number of hydrogen-bond donors (Lipinski definition) is 2. The van der Waals surface area contributed by atoms with Gasteiger partial charge in [-0.2, -0.15) is 0 Å². The Bertz CT molecular complexity index is 1930. The van der Waals surface area contributed by atoms with Gasteiger partial charge < -0.3 is 29.7 Å². The van der Waals surface area contributed by atoms with Crippen molar-refractivity contribution in [1.82, 2.24) is 20.1 Å². The fraction of sp³-hybridized carbons (Fsp3) is 0.333. The highest BCUT2D eigenvalue weighted by molar-refractivity contribution is 7.21. The van der Waals surface area contributed by atoms with E-state index in [1.54, 1.807) is 28.1 Å². The highest BCUT2D eigenvalue weighted by atomic mass is 32.1. The number of likely N-dealkylation sites (tertiary alicyclic amines) is 2. The van der Waals surface area contributed by atoms with Crippen LogP contribution in [0, 0.1) is 6.92 Å². The zero-order valence-electron chi connectivity index (χ0n) is 27.0. The molecule has 3 saturated heterocycles. The van der Waals surface area contributed by atoms with Crippen LogP contribution in [0.4, 0.5) is 21.9 Å². The molecule has 0 saturated carbocycles. The van der Waals surface area contributed by atoms with Crippen molar-refractivity contribution in [3.63, 3.8) is 0 Å². The molecule has 4 aliphatic rings. The highest BCUT2D eigenvalue weighted by Crippen LogP contribution is 2.46. The molecule has 4 amide bonds. The van der Waals surface area contributed by atoms with Gasteiger partial charge in [-0.3, -0.25) is 19.4 Å². The van der Waals surface area contributed by atoms with E-state index in [0.717, 1.165) is 24.4 Å². The van der Waals surface area contributed by atoms with Crippen molar-refractivity contribution in [1.29, 1.82) is 0 Å². The summed E-state index contributed by atoms with van der Waals surface area (Å²) in [6.45, 7) is 6.41. The average Bonchev–Trinajstić information content (AvgIpc) is 3.84.